The van der Waals surface area contributed by atoms with Gasteiger partial charge in [-0.2, -0.15) is 0 Å². The highest BCUT2D eigenvalue weighted by Crippen LogP contribution is 2.34. The zero-order valence-electron chi connectivity index (χ0n) is 17.9. The van der Waals surface area contributed by atoms with Crippen molar-refractivity contribution in [1.82, 2.24) is 4.98 Å². The quantitative estimate of drug-likeness (QED) is 0.399. The Labute approximate surface area is 185 Å². The molecular formula is C24H24F2N2O4. The van der Waals surface area contributed by atoms with Crippen LogP contribution < -0.4 is 19.1 Å². The van der Waals surface area contributed by atoms with Crippen molar-refractivity contribution in [3.05, 3.63) is 72.2 Å². The van der Waals surface area contributed by atoms with Gasteiger partial charge in [0.1, 0.15) is 17.2 Å². The Hall–Kier alpha value is -3.68. The Morgan fingerprint density at radius 3 is 2.62 bits per heavy atom. The van der Waals surface area contributed by atoms with Gasteiger partial charge in [-0.3, -0.25) is 9.18 Å². The van der Waals surface area contributed by atoms with Gasteiger partial charge in [0, 0.05) is 25.1 Å². The summed E-state index contributed by atoms with van der Waals surface area (Å²) in [4.78, 5) is 18.2. The number of nitrogens with zero attached hydrogens (tertiary/aromatic N) is 2. The first-order valence-corrected chi connectivity index (χ1v) is 10.0. The van der Waals surface area contributed by atoms with Crippen molar-refractivity contribution in [2.45, 2.75) is 19.9 Å². The minimum atomic E-state index is -0.546. The van der Waals surface area contributed by atoms with Crippen molar-refractivity contribution in [1.29, 1.82) is 0 Å². The first-order valence-electron chi connectivity index (χ1n) is 10.0. The number of benzene rings is 2. The van der Waals surface area contributed by atoms with Gasteiger partial charge in [0.25, 0.3) is 0 Å². The summed E-state index contributed by atoms with van der Waals surface area (Å²) in [6.45, 7) is 1.22. The van der Waals surface area contributed by atoms with Gasteiger partial charge >= 0.3 is 0 Å². The van der Waals surface area contributed by atoms with Crippen molar-refractivity contribution < 1.29 is 27.8 Å². The van der Waals surface area contributed by atoms with Crippen LogP contribution in [-0.2, 0) is 11.3 Å². The molecule has 0 aliphatic heterocycles. The van der Waals surface area contributed by atoms with E-state index in [0.717, 1.165) is 0 Å². The number of para-hydroxylation sites is 1. The molecule has 0 fully saturated rings. The van der Waals surface area contributed by atoms with E-state index in [1.165, 1.54) is 37.3 Å². The standard InChI is InChI=1S/C24H24F2N2O4/c1-17(29)28(16-18-15-19(30-2)10-11-22(18)31-14-6-12-25)21-8-5-13-27-24(21)32-23-9-4-3-7-20(23)26/h3-5,7-11,13,15H,6,12,14,16H2,1-2H3/i25-1. The van der Waals surface area contributed by atoms with Crippen LogP contribution in [0, 0.1) is 5.82 Å². The number of hydrogen-bond acceptors (Lipinski definition) is 5. The molecule has 6 nitrogen and oxygen atoms in total. The largest absolute Gasteiger partial charge is 0.497 e. The third-order valence-electron chi connectivity index (χ3n) is 4.60. The first-order chi connectivity index (χ1) is 15.5. The summed E-state index contributed by atoms with van der Waals surface area (Å²) in [6.07, 6.45) is 1.75. The molecule has 0 aliphatic rings. The van der Waals surface area contributed by atoms with E-state index in [9.17, 15) is 13.6 Å². The maximum atomic E-state index is 14.1. The molecule has 0 aliphatic carbocycles. The number of methoxy groups -OCH3 is 1. The highest BCUT2D eigenvalue weighted by Gasteiger charge is 2.21. The summed E-state index contributed by atoms with van der Waals surface area (Å²) in [6, 6.07) is 14.4. The van der Waals surface area contributed by atoms with Crippen LogP contribution in [0.4, 0.5) is 14.5 Å². The Kier molecular flexibility index (Phi) is 7.96. The Morgan fingerprint density at radius 2 is 1.91 bits per heavy atom. The lowest BCUT2D eigenvalue weighted by Gasteiger charge is -2.24. The average molecular weight is 441 g/mol. The summed E-state index contributed by atoms with van der Waals surface area (Å²) in [5.41, 5.74) is 1.01. The number of alkyl halides is 1. The molecule has 0 unspecified atom stereocenters. The fourth-order valence-corrected chi connectivity index (χ4v) is 3.02. The summed E-state index contributed by atoms with van der Waals surface area (Å²) in [7, 11) is 1.53. The molecule has 1 aromatic heterocycles. The highest BCUT2D eigenvalue weighted by molar-refractivity contribution is 5.92. The number of carbonyl (C=O) groups is 1. The van der Waals surface area contributed by atoms with Crippen LogP contribution in [0.2, 0.25) is 0 Å². The van der Waals surface area contributed by atoms with Crippen molar-refractivity contribution in [2.24, 2.45) is 0 Å². The maximum absolute atomic E-state index is 14.1. The van der Waals surface area contributed by atoms with Crippen LogP contribution >= 0.6 is 0 Å². The third-order valence-corrected chi connectivity index (χ3v) is 4.60. The molecule has 2 aromatic carbocycles. The Morgan fingerprint density at radius 1 is 1.09 bits per heavy atom. The number of halogens is 2. The molecule has 0 atom stereocenters. The number of ether oxygens (including phenoxy) is 3. The van der Waals surface area contributed by atoms with Crippen LogP contribution in [0.1, 0.15) is 18.9 Å². The summed E-state index contributed by atoms with van der Waals surface area (Å²) in [5, 5.41) is 0. The molecule has 168 valence electrons. The second-order valence-corrected chi connectivity index (χ2v) is 6.83. The molecule has 0 bridgehead atoms. The predicted molar refractivity (Wildman–Crippen MR) is 117 cm³/mol. The lowest BCUT2D eigenvalue weighted by Crippen LogP contribution is -2.28. The lowest BCUT2D eigenvalue weighted by molar-refractivity contribution is -0.116. The molecule has 3 aromatic rings. The second kappa shape index (κ2) is 11.1. The molecule has 32 heavy (non-hydrogen) atoms. The summed E-state index contributed by atoms with van der Waals surface area (Å²) < 4.78 is 43.3. The van der Waals surface area contributed by atoms with Crippen LogP contribution in [0.15, 0.2) is 60.8 Å². The monoisotopic (exact) mass is 441 g/mol. The zero-order valence-corrected chi connectivity index (χ0v) is 17.9. The van der Waals surface area contributed by atoms with Gasteiger partial charge in [-0.05, 0) is 42.5 Å². The van der Waals surface area contributed by atoms with Gasteiger partial charge in [0.05, 0.1) is 26.9 Å². The Bertz CT molecular complexity index is 1060. The zero-order chi connectivity index (χ0) is 22.9. The number of rotatable bonds is 10. The number of pyridine rings is 1. The fraction of sp³-hybridized carbons (Fsp3) is 0.250. The first kappa shape index (κ1) is 23.0. The summed E-state index contributed by atoms with van der Waals surface area (Å²) in [5.74, 6) is 0.327. The minimum absolute atomic E-state index is 0.00687. The minimum Gasteiger partial charge on any atom is -0.497 e. The van der Waals surface area contributed by atoms with Crippen molar-refractivity contribution in [2.75, 3.05) is 25.3 Å². The lowest BCUT2D eigenvalue weighted by atomic mass is 10.1. The number of amides is 1. The fourth-order valence-electron chi connectivity index (χ4n) is 3.02. The normalized spacial score (nSPS) is 10.5. The molecule has 0 radical (unpaired) electrons. The van der Waals surface area contributed by atoms with E-state index in [1.807, 2.05) is 0 Å². The number of aromatic nitrogens is 1. The molecule has 1 amide bonds. The van der Waals surface area contributed by atoms with Crippen LogP contribution in [0.25, 0.3) is 0 Å². The number of anilines is 1. The Balaban J connectivity index is 1.95. The average Bonchev–Trinajstić information content (AvgIpc) is 2.80. The molecule has 0 saturated heterocycles. The SMILES string of the molecule is COc1ccc(OCCC[18F])c(CN(C(C)=O)c2cccnc2Oc2ccccc2F)c1. The van der Waals surface area contributed by atoms with E-state index in [4.69, 9.17) is 14.2 Å². The maximum Gasteiger partial charge on any atom is 0.243 e. The topological polar surface area (TPSA) is 60.9 Å². The van der Waals surface area contributed by atoms with E-state index in [2.05, 4.69) is 4.98 Å². The molecule has 0 N–H and O–H groups in total. The number of carbonyl (C=O) groups excluding carboxylic acids is 1. The van der Waals surface area contributed by atoms with E-state index < -0.39 is 12.5 Å². The second-order valence-electron chi connectivity index (χ2n) is 6.83. The van der Waals surface area contributed by atoms with Crippen LogP contribution in [-0.4, -0.2) is 31.3 Å². The van der Waals surface area contributed by atoms with E-state index in [0.29, 0.717) is 22.7 Å². The molecule has 8 heteroatoms. The molecule has 3 rings (SSSR count). The van der Waals surface area contributed by atoms with Crippen molar-refractivity contribution >= 4 is 11.6 Å². The van der Waals surface area contributed by atoms with Gasteiger partial charge in [0.15, 0.2) is 11.6 Å². The highest BCUT2D eigenvalue weighted by atomic mass is 19.1. The van der Waals surface area contributed by atoms with Crippen LogP contribution in [0.3, 0.4) is 0 Å². The molecule has 1 heterocycles. The summed E-state index contributed by atoms with van der Waals surface area (Å²) >= 11 is 0. The van der Waals surface area contributed by atoms with Gasteiger partial charge in [-0.15, -0.1) is 0 Å². The van der Waals surface area contributed by atoms with E-state index >= 15 is 0 Å². The van der Waals surface area contributed by atoms with Crippen molar-refractivity contribution in [3.63, 3.8) is 0 Å². The van der Waals surface area contributed by atoms with Gasteiger partial charge in [-0.1, -0.05) is 12.1 Å². The predicted octanol–water partition coefficient (Wildman–Crippen LogP) is 5.31. The van der Waals surface area contributed by atoms with Gasteiger partial charge in [0.2, 0.25) is 11.8 Å². The van der Waals surface area contributed by atoms with Crippen LogP contribution in [0.5, 0.6) is 23.1 Å². The van der Waals surface area contributed by atoms with E-state index in [1.54, 1.807) is 42.5 Å². The van der Waals surface area contributed by atoms with E-state index in [-0.39, 0.29) is 37.1 Å². The number of hydrogen-bond donors (Lipinski definition) is 0. The smallest absolute Gasteiger partial charge is 0.243 e. The molecular weight excluding hydrogens is 417 g/mol. The third kappa shape index (κ3) is 5.72. The van der Waals surface area contributed by atoms with Crippen molar-refractivity contribution in [3.8, 4) is 23.1 Å². The van der Waals surface area contributed by atoms with Gasteiger partial charge in [-0.25, -0.2) is 9.37 Å². The molecule has 0 saturated carbocycles. The molecule has 0 spiro atoms. The van der Waals surface area contributed by atoms with Gasteiger partial charge < -0.3 is 19.1 Å².